The number of carbonyl (C=O) groups excluding carboxylic acids is 1. The zero-order valence-corrected chi connectivity index (χ0v) is 9.74. The molecule has 0 spiro atoms. The summed E-state index contributed by atoms with van der Waals surface area (Å²) in [5, 5.41) is 9.54. The topological polar surface area (TPSA) is 46.5 Å². The van der Waals surface area contributed by atoms with Crippen LogP contribution in [0, 0.1) is 0 Å². The summed E-state index contributed by atoms with van der Waals surface area (Å²) in [7, 11) is 0. The van der Waals surface area contributed by atoms with E-state index in [0.29, 0.717) is 0 Å². The molecule has 1 atom stereocenters. The van der Waals surface area contributed by atoms with E-state index in [-0.39, 0.29) is 12.1 Å². The van der Waals surface area contributed by atoms with E-state index in [1.807, 2.05) is 0 Å². The maximum atomic E-state index is 10.4. The molecule has 0 saturated carbocycles. The van der Waals surface area contributed by atoms with Crippen molar-refractivity contribution in [3.63, 3.8) is 0 Å². The van der Waals surface area contributed by atoms with Crippen molar-refractivity contribution in [2.45, 2.75) is 58.5 Å². The first-order valence-corrected chi connectivity index (χ1v) is 5.67. The van der Waals surface area contributed by atoms with Crippen molar-refractivity contribution < 1.29 is 14.6 Å². The molecule has 0 aromatic rings. The van der Waals surface area contributed by atoms with Crippen LogP contribution in [0.2, 0.25) is 0 Å². The number of ether oxygens (including phenoxy) is 1. The van der Waals surface area contributed by atoms with Gasteiger partial charge in [-0.1, -0.05) is 26.2 Å². The van der Waals surface area contributed by atoms with Crippen molar-refractivity contribution in [1.82, 2.24) is 0 Å². The molecule has 0 radical (unpaired) electrons. The SMILES string of the molecule is CCCCCC(O)CC/C=C\OC(C)=O. The highest BCUT2D eigenvalue weighted by Gasteiger charge is 2.01. The molecule has 88 valence electrons. The van der Waals surface area contributed by atoms with Gasteiger partial charge >= 0.3 is 5.97 Å². The zero-order valence-electron chi connectivity index (χ0n) is 9.74. The van der Waals surface area contributed by atoms with Crippen molar-refractivity contribution >= 4 is 5.97 Å². The van der Waals surface area contributed by atoms with Crippen LogP contribution in [0.3, 0.4) is 0 Å². The Morgan fingerprint density at radius 2 is 2.13 bits per heavy atom. The quantitative estimate of drug-likeness (QED) is 0.384. The number of hydrogen-bond donors (Lipinski definition) is 1. The minimum Gasteiger partial charge on any atom is -0.435 e. The Kier molecular flexibility index (Phi) is 9.18. The summed E-state index contributed by atoms with van der Waals surface area (Å²) < 4.78 is 4.62. The van der Waals surface area contributed by atoms with Crippen LogP contribution in [-0.4, -0.2) is 17.2 Å². The van der Waals surface area contributed by atoms with Gasteiger partial charge in [0.2, 0.25) is 0 Å². The molecule has 0 fully saturated rings. The molecule has 15 heavy (non-hydrogen) atoms. The van der Waals surface area contributed by atoms with E-state index in [9.17, 15) is 9.90 Å². The van der Waals surface area contributed by atoms with Crippen LogP contribution in [0.25, 0.3) is 0 Å². The molecule has 0 amide bonds. The van der Waals surface area contributed by atoms with Crippen LogP contribution in [0.1, 0.15) is 52.4 Å². The molecule has 0 aromatic carbocycles. The first-order valence-electron chi connectivity index (χ1n) is 5.67. The van der Waals surface area contributed by atoms with E-state index in [4.69, 9.17) is 0 Å². The lowest BCUT2D eigenvalue weighted by Gasteiger charge is -2.07. The Hall–Kier alpha value is -0.830. The first kappa shape index (κ1) is 14.2. The normalized spacial score (nSPS) is 13.0. The zero-order chi connectivity index (χ0) is 11.5. The molecule has 0 aliphatic rings. The number of unbranched alkanes of at least 4 members (excludes halogenated alkanes) is 2. The van der Waals surface area contributed by atoms with Crippen LogP contribution >= 0.6 is 0 Å². The van der Waals surface area contributed by atoms with Gasteiger partial charge in [0.1, 0.15) is 0 Å². The van der Waals surface area contributed by atoms with Crippen LogP contribution < -0.4 is 0 Å². The van der Waals surface area contributed by atoms with Crippen molar-refractivity contribution in [3.05, 3.63) is 12.3 Å². The maximum absolute atomic E-state index is 10.4. The molecule has 0 aliphatic carbocycles. The van der Waals surface area contributed by atoms with Gasteiger partial charge in [0, 0.05) is 6.92 Å². The first-order chi connectivity index (χ1) is 7.16. The van der Waals surface area contributed by atoms with E-state index in [1.165, 1.54) is 26.0 Å². The predicted molar refractivity (Wildman–Crippen MR) is 60.3 cm³/mol. The van der Waals surface area contributed by atoms with Gasteiger partial charge in [-0.2, -0.15) is 0 Å². The van der Waals surface area contributed by atoms with E-state index in [1.54, 1.807) is 6.08 Å². The Labute approximate surface area is 92.1 Å². The van der Waals surface area contributed by atoms with E-state index in [0.717, 1.165) is 25.7 Å². The second-order valence-electron chi connectivity index (χ2n) is 3.71. The van der Waals surface area contributed by atoms with E-state index < -0.39 is 0 Å². The molecule has 0 saturated heterocycles. The smallest absolute Gasteiger partial charge is 0.307 e. The van der Waals surface area contributed by atoms with Crippen molar-refractivity contribution in [2.24, 2.45) is 0 Å². The van der Waals surface area contributed by atoms with Crippen molar-refractivity contribution in [1.29, 1.82) is 0 Å². The Morgan fingerprint density at radius 3 is 2.73 bits per heavy atom. The third-order valence-electron chi connectivity index (χ3n) is 2.14. The van der Waals surface area contributed by atoms with Gasteiger partial charge in [-0.15, -0.1) is 0 Å². The van der Waals surface area contributed by atoms with Crippen LogP contribution in [0.15, 0.2) is 12.3 Å². The Balaban J connectivity index is 3.33. The number of rotatable bonds is 8. The maximum Gasteiger partial charge on any atom is 0.307 e. The fraction of sp³-hybridized carbons (Fsp3) is 0.750. The minimum absolute atomic E-state index is 0.224. The highest BCUT2D eigenvalue weighted by Crippen LogP contribution is 2.08. The highest BCUT2D eigenvalue weighted by atomic mass is 16.5. The van der Waals surface area contributed by atoms with Crippen LogP contribution in [0.5, 0.6) is 0 Å². The lowest BCUT2D eigenvalue weighted by Crippen LogP contribution is -2.05. The van der Waals surface area contributed by atoms with E-state index >= 15 is 0 Å². The molecule has 0 rings (SSSR count). The average molecular weight is 214 g/mol. The Bertz CT molecular complexity index is 187. The molecule has 3 nitrogen and oxygen atoms in total. The molecular formula is C12H22O3. The third-order valence-corrected chi connectivity index (χ3v) is 2.14. The van der Waals surface area contributed by atoms with Gasteiger partial charge < -0.3 is 9.84 Å². The molecule has 0 aliphatic heterocycles. The lowest BCUT2D eigenvalue weighted by atomic mass is 10.1. The van der Waals surface area contributed by atoms with Crippen LogP contribution in [-0.2, 0) is 9.53 Å². The second-order valence-corrected chi connectivity index (χ2v) is 3.71. The summed E-state index contributed by atoms with van der Waals surface area (Å²) in [6, 6.07) is 0. The largest absolute Gasteiger partial charge is 0.435 e. The van der Waals surface area contributed by atoms with Gasteiger partial charge in [-0.05, 0) is 25.3 Å². The van der Waals surface area contributed by atoms with Gasteiger partial charge in [0.25, 0.3) is 0 Å². The molecule has 1 N–H and O–H groups in total. The monoisotopic (exact) mass is 214 g/mol. The van der Waals surface area contributed by atoms with Gasteiger partial charge in [-0.25, -0.2) is 0 Å². The number of aliphatic hydroxyl groups is 1. The summed E-state index contributed by atoms with van der Waals surface area (Å²) in [5.41, 5.74) is 0. The highest BCUT2D eigenvalue weighted by molar-refractivity contribution is 5.66. The molecule has 3 heteroatoms. The number of allylic oxidation sites excluding steroid dienone is 1. The molecule has 1 unspecified atom stereocenters. The molecular weight excluding hydrogens is 192 g/mol. The number of hydrogen-bond acceptors (Lipinski definition) is 3. The number of aliphatic hydroxyl groups excluding tert-OH is 1. The molecule has 0 aromatic heterocycles. The summed E-state index contributed by atoms with van der Waals surface area (Å²) >= 11 is 0. The second kappa shape index (κ2) is 9.71. The summed E-state index contributed by atoms with van der Waals surface area (Å²) in [6.07, 6.45) is 8.74. The lowest BCUT2D eigenvalue weighted by molar-refractivity contribution is -0.135. The fourth-order valence-corrected chi connectivity index (χ4v) is 1.27. The fourth-order valence-electron chi connectivity index (χ4n) is 1.27. The minimum atomic E-state index is -0.310. The van der Waals surface area contributed by atoms with Crippen molar-refractivity contribution in [3.8, 4) is 0 Å². The van der Waals surface area contributed by atoms with E-state index in [2.05, 4.69) is 11.7 Å². The van der Waals surface area contributed by atoms with Crippen LogP contribution in [0.4, 0.5) is 0 Å². The predicted octanol–water partition coefficient (Wildman–Crippen LogP) is 2.78. The van der Waals surface area contributed by atoms with Gasteiger partial charge in [0.05, 0.1) is 12.4 Å². The van der Waals surface area contributed by atoms with Gasteiger partial charge in [0.15, 0.2) is 0 Å². The third kappa shape index (κ3) is 11.1. The van der Waals surface area contributed by atoms with Crippen molar-refractivity contribution in [2.75, 3.05) is 0 Å². The number of carbonyl (C=O) groups is 1. The summed E-state index contributed by atoms with van der Waals surface area (Å²) in [4.78, 5) is 10.4. The standard InChI is InChI=1S/C12H22O3/c1-3-4-5-8-12(14)9-6-7-10-15-11(2)13/h7,10,12,14H,3-6,8-9H2,1-2H3/b10-7-. The number of esters is 1. The average Bonchev–Trinajstić information content (AvgIpc) is 2.17. The summed E-state index contributed by atoms with van der Waals surface area (Å²) in [5.74, 6) is -0.310. The Morgan fingerprint density at radius 1 is 1.40 bits per heavy atom. The molecule has 0 heterocycles. The summed E-state index contributed by atoms with van der Waals surface area (Å²) in [6.45, 7) is 3.51. The van der Waals surface area contributed by atoms with Gasteiger partial charge in [-0.3, -0.25) is 4.79 Å². The molecule has 0 bridgehead atoms.